The van der Waals surface area contributed by atoms with Crippen LogP contribution in [0.25, 0.3) is 0 Å². The molecule has 0 unspecified atom stereocenters. The molecule has 720 valence electrons. The van der Waals surface area contributed by atoms with Gasteiger partial charge in [-0.05, 0) is 0 Å². The van der Waals surface area contributed by atoms with Gasteiger partial charge in [0.1, 0.15) is 56.6 Å². The number of oxime groups is 6. The molecule has 2 bridgehead atoms. The number of thioether (sulfide) groups is 6. The SMILES string of the molecule is Fc1c(F)c(F)c([B-]23O/N=C(Sc4c(F)c(F)c(C(F)(F)F)c(F)c4F)/C(Sc4c(F)c(F)c(C(F)(F)F)c(F)c4F)=N/O[B-](c4c(F)c(F)c(F)c(F)c4F)(O/N=C(Sc4c(F)c(F)c(C(F)(F)F)c(F)c4F)/C(Sc4c(F)c(F)c(C(F)(F)F)c(F)c4F)=N/O2)O/N=C(Sc2c(F)c(F)c(C(F)(F)F)c(F)c2F)/C(Sc2c(F)c(F)c(C(F)(F)F)c(F)c2F)=N/O3)c(F)c1F.[Fe+2]. The summed E-state index contributed by atoms with van der Waals surface area (Å²) in [6, 6.07) is 0. The minimum atomic E-state index is -8.06. The van der Waals surface area contributed by atoms with Crippen LogP contribution in [0.2, 0.25) is 0 Å². The summed E-state index contributed by atoms with van der Waals surface area (Å²) in [6.07, 6.45) is -41.6. The van der Waals surface area contributed by atoms with E-state index in [0.717, 1.165) is 0 Å². The molecule has 0 aromatic heterocycles. The molecule has 11 rings (SSSR count). The van der Waals surface area contributed by atoms with Gasteiger partial charge < -0.3 is 28.5 Å². The predicted molar refractivity (Wildman–Crippen MR) is 337 cm³/mol. The van der Waals surface area contributed by atoms with Crippen molar-refractivity contribution in [1.82, 2.24) is 0 Å². The molecule has 3 aliphatic rings. The number of halogens is 52. The number of fused-ring (bicyclic) bond motifs is 9. The third-order valence-corrected chi connectivity index (χ3v) is 22.2. The van der Waals surface area contributed by atoms with Gasteiger partial charge in [0.25, 0.3) is 0 Å². The molecule has 8 aromatic carbocycles. The van der Waals surface area contributed by atoms with E-state index in [9.17, 15) is 79.0 Å². The van der Waals surface area contributed by atoms with Crippen LogP contribution in [-0.2, 0) is 82.7 Å². The van der Waals surface area contributed by atoms with E-state index in [1.807, 2.05) is 0 Å². The topological polar surface area (TPSA) is 130 Å². The molecule has 0 aliphatic carbocycles. The van der Waals surface area contributed by atoms with E-state index in [0.29, 0.717) is 0 Å². The first-order chi connectivity index (χ1) is 60.4. The Morgan fingerprint density at radius 2 is 0.248 bits per heavy atom. The van der Waals surface area contributed by atoms with Gasteiger partial charge in [-0.3, -0.25) is 0 Å². The zero-order chi connectivity index (χ0) is 99.9. The Bertz CT molecular complexity index is 5330. The van der Waals surface area contributed by atoms with Crippen molar-refractivity contribution >= 4 is 125 Å². The minimum Gasteiger partial charge on any atom is -0.535 e. The Balaban J connectivity index is 0.0000199. The zero-order valence-electron chi connectivity index (χ0n) is 58.7. The summed E-state index contributed by atoms with van der Waals surface area (Å²) in [6.45, 7) is -16.1. The maximum Gasteiger partial charge on any atom is 2.00 e. The maximum absolute atomic E-state index is 17.4. The van der Waals surface area contributed by atoms with E-state index >= 15 is 149 Å². The van der Waals surface area contributed by atoms with Crippen LogP contribution in [0.1, 0.15) is 33.4 Å². The van der Waals surface area contributed by atoms with Crippen molar-refractivity contribution in [3.63, 3.8) is 0 Å². The molecule has 0 saturated carbocycles. The largest absolute Gasteiger partial charge is 2.00 e. The van der Waals surface area contributed by atoms with Gasteiger partial charge in [-0.1, -0.05) is 70.6 Å². The average Bonchev–Trinajstić information content (AvgIpc) is 0.735. The van der Waals surface area contributed by atoms with Gasteiger partial charge in [-0.2, -0.15) is 79.0 Å². The number of rotatable bonds is 8. The second-order valence-corrected chi connectivity index (χ2v) is 29.6. The Labute approximate surface area is 724 Å². The van der Waals surface area contributed by atoms with E-state index in [4.69, 9.17) is 0 Å². The van der Waals surface area contributed by atoms with Gasteiger partial charge in [0.05, 0.1) is 29.4 Å². The van der Waals surface area contributed by atoms with Crippen molar-refractivity contribution in [2.45, 2.75) is 66.4 Å². The fourth-order valence-corrected chi connectivity index (χ4v) is 15.2. The number of hydrogen-bond acceptors (Lipinski definition) is 18. The average molecular weight is 2160 g/mol. The molecule has 133 heavy (non-hydrogen) atoms. The molecule has 0 N–H and O–H groups in total. The maximum atomic E-state index is 17.4. The first kappa shape index (κ1) is 106. The fourth-order valence-electron chi connectivity index (χ4n) is 9.89. The van der Waals surface area contributed by atoms with Crippen LogP contribution in [0.5, 0.6) is 0 Å². The van der Waals surface area contributed by atoms with Gasteiger partial charge in [0, 0.05) is 10.9 Å². The first-order valence-corrected chi connectivity index (χ1v) is 35.9. The number of benzene rings is 8. The molecular weight excluding hydrogens is 2160 g/mol. The van der Waals surface area contributed by atoms with Crippen molar-refractivity contribution in [2.75, 3.05) is 0 Å². The molecule has 8 aromatic rings. The van der Waals surface area contributed by atoms with Gasteiger partial charge in [-0.25, -0.2) is 149 Å². The van der Waals surface area contributed by atoms with Crippen LogP contribution in [0.15, 0.2) is 60.3 Å². The molecule has 0 amide bonds. The molecule has 0 fully saturated rings. The Kier molecular flexibility index (Phi) is 29.9. The third kappa shape index (κ3) is 19.2. The summed E-state index contributed by atoms with van der Waals surface area (Å²) in [5, 5.41) is -7.46. The number of hydrogen-bond donors (Lipinski definition) is 0. The van der Waals surface area contributed by atoms with E-state index in [-0.39, 0.29) is 17.1 Å². The van der Waals surface area contributed by atoms with Crippen molar-refractivity contribution in [3.05, 3.63) is 231 Å². The predicted octanol–water partition coefficient (Wildman–Crippen LogP) is 24.3. The van der Waals surface area contributed by atoms with E-state index in [2.05, 4.69) is 59.5 Å². The monoisotopic (exact) mass is 2160 g/mol. The Morgan fingerprint density at radius 1 is 0.150 bits per heavy atom. The molecule has 3 heterocycles. The quantitative estimate of drug-likeness (QED) is 0.0621. The molecular formula is C60B2F52FeN6O6S6. The Morgan fingerprint density at radius 3 is 0.346 bits per heavy atom. The molecule has 3 aliphatic heterocycles. The van der Waals surface area contributed by atoms with Crippen molar-refractivity contribution in [2.24, 2.45) is 30.9 Å². The summed E-state index contributed by atoms with van der Waals surface area (Å²) in [5.74, 6) is -138. The molecule has 12 nitrogen and oxygen atoms in total. The van der Waals surface area contributed by atoms with Crippen molar-refractivity contribution in [3.8, 4) is 0 Å². The van der Waals surface area contributed by atoms with Crippen LogP contribution in [0.4, 0.5) is 228 Å². The van der Waals surface area contributed by atoms with Gasteiger partial charge >= 0.3 is 67.6 Å². The number of nitrogens with zero attached hydrogens (tertiary/aromatic N) is 6. The van der Waals surface area contributed by atoms with Crippen LogP contribution in [0, 0.1) is 198 Å². The standard InChI is InChI=1S/C60B2F52N6O6S6.Fe/c63-9-1(55(97,98)99)10(64)32(86)43(31(9)85)127-49-50(128-44-33(87)11(65)2(56(100,101)102)12(66)34(44)88)116-122-62(8-23(77)27(81)30(84)28(82)24(8)78)125-119-53(131-47-39(93)17(71)5(59(109,110)111)18(72)40(47)94)51(129-45-35(89)13(67)3(57(103,104)105)14(68)36(45)90)117-123-61(121-115-49,7-21(75)25(79)29(83)26(80)22(7)76)124-118-52(130-46-37(91)15(69)4(58(106,107)108)16(70)38(46)92)54(120-126-62)132-48-41(95)19(73)6(60(112,113)114)20(74)42(48)96;/q-2;+2/b115-49-,116-50-,117-51-,118-52-,119-53-,120-54-;. The fraction of sp³-hybridized carbons (Fsp3) is 0.100. The minimum absolute atomic E-state index is 0. The molecule has 0 saturated heterocycles. The summed E-state index contributed by atoms with van der Waals surface area (Å²) >= 11 is -14.0. The van der Waals surface area contributed by atoms with Gasteiger partial charge in [0.15, 0.2) is 205 Å². The summed E-state index contributed by atoms with van der Waals surface area (Å²) in [4.78, 5) is -20.7. The van der Waals surface area contributed by atoms with Crippen LogP contribution in [0.3, 0.4) is 0 Å². The molecule has 0 atom stereocenters. The second kappa shape index (κ2) is 37.4. The van der Waals surface area contributed by atoms with Gasteiger partial charge in [0.2, 0.25) is 0 Å². The van der Waals surface area contributed by atoms with E-state index in [1.165, 1.54) is 0 Å². The third-order valence-electron chi connectivity index (χ3n) is 15.6. The zero-order valence-corrected chi connectivity index (χ0v) is 64.7. The van der Waals surface area contributed by atoms with E-state index < -0.39 is 423 Å². The Hall–Kier alpha value is -10.3. The normalized spacial score (nSPS) is 18.7. The first-order valence-electron chi connectivity index (χ1n) is 31.0. The summed E-state index contributed by atoms with van der Waals surface area (Å²) in [7, 11) is 0. The number of alkyl halides is 18. The molecule has 0 spiro atoms. The summed E-state index contributed by atoms with van der Waals surface area (Å²) in [5.41, 5.74) is -31.9. The smallest absolute Gasteiger partial charge is 0.535 e. The van der Waals surface area contributed by atoms with Crippen LogP contribution >= 0.6 is 70.6 Å². The van der Waals surface area contributed by atoms with Crippen molar-refractivity contribution in [1.29, 1.82) is 0 Å². The van der Waals surface area contributed by atoms with Crippen LogP contribution in [-0.4, -0.2) is 43.8 Å². The molecule has 73 heteroatoms. The van der Waals surface area contributed by atoms with Crippen molar-refractivity contribution < 1.29 is 274 Å². The molecule has 0 radical (unpaired) electrons. The van der Waals surface area contributed by atoms with Gasteiger partial charge in [-0.15, -0.1) is 30.9 Å². The summed E-state index contributed by atoms with van der Waals surface area (Å²) < 4.78 is 835. The van der Waals surface area contributed by atoms with E-state index in [1.54, 1.807) is 0 Å². The second-order valence-electron chi connectivity index (χ2n) is 23.6. The van der Waals surface area contributed by atoms with Crippen LogP contribution < -0.4 is 10.9 Å².